The van der Waals surface area contributed by atoms with Crippen molar-refractivity contribution in [3.8, 4) is 0 Å². The molecule has 0 spiro atoms. The van der Waals surface area contributed by atoms with Gasteiger partial charge in [0.25, 0.3) is 0 Å². The number of ether oxygens (including phenoxy) is 1. The van der Waals surface area contributed by atoms with Crippen molar-refractivity contribution in [1.29, 1.82) is 0 Å². The van der Waals surface area contributed by atoms with Crippen molar-refractivity contribution < 1.29 is 9.53 Å². The quantitative estimate of drug-likeness (QED) is 0.480. The number of amides is 1. The van der Waals surface area contributed by atoms with E-state index >= 15 is 0 Å². The van der Waals surface area contributed by atoms with Gasteiger partial charge in [0.2, 0.25) is 0 Å². The second-order valence-electron chi connectivity index (χ2n) is 1.76. The molecule has 1 amide bonds. The number of hydrogen-bond donors (Lipinski definition) is 0. The Morgan fingerprint density at radius 3 is 3.22 bits per heavy atom. The first kappa shape index (κ1) is 4.49. The lowest BCUT2D eigenvalue weighted by atomic mass is 10.4. The van der Waals surface area contributed by atoms with E-state index in [0.29, 0.717) is 11.5 Å². The monoisotopic (exact) mass is 121 g/mol. The van der Waals surface area contributed by atoms with Crippen molar-refractivity contribution >= 4 is 11.8 Å². The van der Waals surface area contributed by atoms with E-state index in [1.54, 1.807) is 18.2 Å². The zero-order valence-electron chi connectivity index (χ0n) is 4.50. The standard InChI is InChI=1S/C6H3NO2/c8-6-7-4-2-1-3-5(4)9-6/h1-3H. The largest absolute Gasteiger partial charge is 0.439 e. The van der Waals surface area contributed by atoms with Gasteiger partial charge in [0.1, 0.15) is 5.71 Å². The van der Waals surface area contributed by atoms with Gasteiger partial charge in [0.15, 0.2) is 5.76 Å². The summed E-state index contributed by atoms with van der Waals surface area (Å²) in [6.07, 6.45) is 4.73. The van der Waals surface area contributed by atoms with Gasteiger partial charge in [-0.1, -0.05) is 6.08 Å². The van der Waals surface area contributed by atoms with Crippen molar-refractivity contribution in [1.82, 2.24) is 0 Å². The van der Waals surface area contributed by atoms with Crippen LogP contribution in [-0.2, 0) is 4.74 Å². The van der Waals surface area contributed by atoms with E-state index in [1.807, 2.05) is 0 Å². The molecule has 0 aromatic heterocycles. The van der Waals surface area contributed by atoms with Crippen LogP contribution in [0.4, 0.5) is 4.79 Å². The molecule has 9 heavy (non-hydrogen) atoms. The smallest absolute Gasteiger partial charge is 0.406 e. The first-order valence-corrected chi connectivity index (χ1v) is 2.55. The Morgan fingerprint density at radius 2 is 2.44 bits per heavy atom. The van der Waals surface area contributed by atoms with Crippen molar-refractivity contribution in [2.75, 3.05) is 0 Å². The van der Waals surface area contributed by atoms with Crippen LogP contribution in [0.3, 0.4) is 0 Å². The highest BCUT2D eigenvalue weighted by Crippen LogP contribution is 2.16. The fraction of sp³-hybridized carbons (Fsp3) is 0. The highest BCUT2D eigenvalue weighted by atomic mass is 16.6. The summed E-state index contributed by atoms with van der Waals surface area (Å²) in [4.78, 5) is 13.9. The molecule has 0 saturated heterocycles. The molecule has 3 heteroatoms. The Labute approximate surface area is 51.3 Å². The summed E-state index contributed by atoms with van der Waals surface area (Å²) in [5.41, 5.74) is 0.639. The van der Waals surface area contributed by atoms with E-state index in [2.05, 4.69) is 9.73 Å². The van der Waals surface area contributed by atoms with Crippen molar-refractivity contribution in [2.45, 2.75) is 0 Å². The molecule has 0 fully saturated rings. The van der Waals surface area contributed by atoms with E-state index in [1.165, 1.54) is 0 Å². The van der Waals surface area contributed by atoms with Gasteiger partial charge in [-0.3, -0.25) is 0 Å². The van der Waals surface area contributed by atoms with Gasteiger partial charge in [-0.15, -0.1) is 0 Å². The van der Waals surface area contributed by atoms with Crippen LogP contribution < -0.4 is 0 Å². The molecule has 1 aliphatic carbocycles. The average molecular weight is 121 g/mol. The lowest BCUT2D eigenvalue weighted by Gasteiger charge is -1.87. The first-order valence-electron chi connectivity index (χ1n) is 2.55. The normalized spacial score (nSPS) is 21.1. The number of carbonyl (C=O) groups is 1. The third kappa shape index (κ3) is 0.512. The van der Waals surface area contributed by atoms with Gasteiger partial charge < -0.3 is 4.74 Å². The second-order valence-corrected chi connectivity index (χ2v) is 1.76. The highest BCUT2D eigenvalue weighted by Gasteiger charge is 2.21. The molecule has 44 valence electrons. The SMILES string of the molecule is O=C1N=C2C=CC=C2O1. The summed E-state index contributed by atoms with van der Waals surface area (Å²) in [7, 11) is 0. The molecule has 2 rings (SSSR count). The van der Waals surface area contributed by atoms with Crippen LogP contribution in [0.5, 0.6) is 0 Å². The van der Waals surface area contributed by atoms with Gasteiger partial charge in [-0.2, -0.15) is 4.99 Å². The van der Waals surface area contributed by atoms with E-state index in [-0.39, 0.29) is 0 Å². The summed E-state index contributed by atoms with van der Waals surface area (Å²) in [6.45, 7) is 0. The molecule has 0 bridgehead atoms. The molecular formula is C6H3NO2. The fourth-order valence-electron chi connectivity index (χ4n) is 0.788. The van der Waals surface area contributed by atoms with Gasteiger partial charge in [-0.25, -0.2) is 4.79 Å². The van der Waals surface area contributed by atoms with Gasteiger partial charge >= 0.3 is 6.09 Å². The summed E-state index contributed by atoms with van der Waals surface area (Å²) < 4.78 is 4.64. The summed E-state index contributed by atoms with van der Waals surface area (Å²) >= 11 is 0. The maximum atomic E-state index is 10.4. The Morgan fingerprint density at radius 1 is 1.56 bits per heavy atom. The number of fused-ring (bicyclic) bond motifs is 1. The van der Waals surface area contributed by atoms with Crippen LogP contribution in [0.25, 0.3) is 0 Å². The third-order valence-electron chi connectivity index (χ3n) is 1.16. The molecule has 3 nitrogen and oxygen atoms in total. The molecule has 0 aromatic carbocycles. The lowest BCUT2D eigenvalue weighted by Crippen LogP contribution is -1.89. The van der Waals surface area contributed by atoms with Gasteiger partial charge in [0.05, 0.1) is 0 Å². The third-order valence-corrected chi connectivity index (χ3v) is 1.16. The maximum Gasteiger partial charge on any atom is 0.439 e. The maximum absolute atomic E-state index is 10.4. The topological polar surface area (TPSA) is 38.7 Å². The Bertz CT molecular complexity index is 260. The van der Waals surface area contributed by atoms with Crippen molar-refractivity contribution in [2.24, 2.45) is 4.99 Å². The molecule has 0 atom stereocenters. The van der Waals surface area contributed by atoms with Crippen LogP contribution in [0.1, 0.15) is 0 Å². The van der Waals surface area contributed by atoms with Gasteiger partial charge in [-0.05, 0) is 12.2 Å². The fourth-order valence-corrected chi connectivity index (χ4v) is 0.788. The summed E-state index contributed by atoms with van der Waals surface area (Å²) in [5, 5.41) is 0. The predicted molar refractivity (Wildman–Crippen MR) is 31.1 cm³/mol. The number of allylic oxidation sites excluding steroid dienone is 3. The van der Waals surface area contributed by atoms with Crippen LogP contribution in [-0.4, -0.2) is 11.8 Å². The molecule has 2 aliphatic rings. The Balaban J connectivity index is 2.51. The number of aliphatic imine (C=N–C) groups is 1. The zero-order valence-corrected chi connectivity index (χ0v) is 4.50. The predicted octanol–water partition coefficient (Wildman–Crippen LogP) is 1.03. The number of rotatable bonds is 0. The number of carbonyl (C=O) groups excluding carboxylic acids is 1. The van der Waals surface area contributed by atoms with E-state index in [0.717, 1.165) is 0 Å². The Kier molecular flexibility index (Phi) is 0.656. The average Bonchev–Trinajstić information content (AvgIpc) is 2.22. The summed E-state index contributed by atoms with van der Waals surface area (Å²) in [6, 6.07) is 0. The van der Waals surface area contributed by atoms with E-state index < -0.39 is 6.09 Å². The second kappa shape index (κ2) is 1.31. The molecule has 1 aliphatic heterocycles. The zero-order chi connectivity index (χ0) is 6.27. The number of hydrogen-bond acceptors (Lipinski definition) is 2. The van der Waals surface area contributed by atoms with E-state index in [9.17, 15) is 4.79 Å². The van der Waals surface area contributed by atoms with Crippen molar-refractivity contribution in [3.05, 3.63) is 24.0 Å². The molecule has 0 radical (unpaired) electrons. The Hall–Kier alpha value is -1.38. The highest BCUT2D eigenvalue weighted by molar-refractivity contribution is 6.17. The molecule has 1 heterocycles. The summed E-state index contributed by atoms with van der Waals surface area (Å²) in [5.74, 6) is 0.569. The minimum atomic E-state index is -0.513. The van der Waals surface area contributed by atoms with Crippen LogP contribution in [0, 0.1) is 0 Å². The molecular weight excluding hydrogens is 118 g/mol. The van der Waals surface area contributed by atoms with Gasteiger partial charge in [0, 0.05) is 0 Å². The molecule has 0 aromatic rings. The number of nitrogens with zero attached hydrogens (tertiary/aromatic N) is 1. The van der Waals surface area contributed by atoms with E-state index in [4.69, 9.17) is 0 Å². The van der Waals surface area contributed by atoms with Crippen LogP contribution in [0.15, 0.2) is 29.0 Å². The van der Waals surface area contributed by atoms with Crippen LogP contribution in [0.2, 0.25) is 0 Å². The first-order chi connectivity index (χ1) is 4.36. The lowest BCUT2D eigenvalue weighted by molar-refractivity contribution is 0.197. The molecule has 0 saturated carbocycles. The molecule has 0 unspecified atom stereocenters. The van der Waals surface area contributed by atoms with Crippen molar-refractivity contribution in [3.63, 3.8) is 0 Å². The minimum absolute atomic E-state index is 0.513. The van der Waals surface area contributed by atoms with Crippen LogP contribution >= 0.6 is 0 Å². The minimum Gasteiger partial charge on any atom is -0.406 e. The molecule has 0 N–H and O–H groups in total.